The summed E-state index contributed by atoms with van der Waals surface area (Å²) in [6, 6.07) is 14.0. The predicted octanol–water partition coefficient (Wildman–Crippen LogP) is 1.04. The summed E-state index contributed by atoms with van der Waals surface area (Å²) in [5.41, 5.74) is 4.81. The predicted molar refractivity (Wildman–Crippen MR) is 94.0 cm³/mol. The smallest absolute Gasteiger partial charge is 0.277 e. The number of nitrogens with one attached hydrogen (secondary N) is 1. The van der Waals surface area contributed by atoms with Gasteiger partial charge in [0.15, 0.2) is 6.61 Å². The van der Waals surface area contributed by atoms with Crippen molar-refractivity contribution in [3.63, 3.8) is 0 Å². The molecular weight excluding hydrogens is 336 g/mol. The highest BCUT2D eigenvalue weighted by Crippen LogP contribution is 2.13. The monoisotopic (exact) mass is 355 g/mol. The highest BCUT2D eigenvalue weighted by atomic mass is 16.5. The van der Waals surface area contributed by atoms with Gasteiger partial charge in [0.1, 0.15) is 18.1 Å². The van der Waals surface area contributed by atoms with Crippen molar-refractivity contribution in [1.29, 1.82) is 0 Å². The summed E-state index contributed by atoms with van der Waals surface area (Å²) in [5, 5.41) is 14.4. The van der Waals surface area contributed by atoms with E-state index in [9.17, 15) is 14.7 Å². The topological polar surface area (TPSA) is 100 Å². The number of hydrogen-bond donors (Lipinski definition) is 1. The number of hydrogen-bond acceptors (Lipinski definition) is 6. The Labute approximate surface area is 151 Å². The molecule has 2 rings (SSSR count). The molecule has 0 aromatic heterocycles. The second-order valence-corrected chi connectivity index (χ2v) is 5.52. The van der Waals surface area contributed by atoms with Crippen LogP contribution < -0.4 is 20.0 Å². The van der Waals surface area contributed by atoms with E-state index in [4.69, 9.17) is 9.47 Å². The third-order valence-electron chi connectivity index (χ3n) is 3.34. The molecule has 7 nitrogen and oxygen atoms in total. The number of benzene rings is 2. The number of carboxylic acids is 1. The van der Waals surface area contributed by atoms with Gasteiger partial charge < -0.3 is 19.4 Å². The lowest BCUT2D eigenvalue weighted by Crippen LogP contribution is -2.28. The van der Waals surface area contributed by atoms with E-state index in [-0.39, 0.29) is 12.5 Å². The maximum atomic E-state index is 11.8. The molecule has 0 fully saturated rings. The van der Waals surface area contributed by atoms with Crippen molar-refractivity contribution in [1.82, 2.24) is 5.43 Å². The van der Waals surface area contributed by atoms with Crippen LogP contribution in [0.2, 0.25) is 0 Å². The maximum absolute atomic E-state index is 11.8. The van der Waals surface area contributed by atoms with Crippen LogP contribution in [0, 0.1) is 6.92 Å². The lowest BCUT2D eigenvalue weighted by Gasteiger charge is -2.08. The summed E-state index contributed by atoms with van der Waals surface area (Å²) >= 11 is 0. The van der Waals surface area contributed by atoms with E-state index < -0.39 is 12.6 Å². The summed E-state index contributed by atoms with van der Waals surface area (Å²) in [6.45, 7) is 3.02. The van der Waals surface area contributed by atoms with Crippen LogP contribution in [0.4, 0.5) is 0 Å². The van der Waals surface area contributed by atoms with Gasteiger partial charge in [-0.1, -0.05) is 12.1 Å². The van der Waals surface area contributed by atoms with Gasteiger partial charge in [0, 0.05) is 0 Å². The molecule has 26 heavy (non-hydrogen) atoms. The van der Waals surface area contributed by atoms with Crippen LogP contribution in [0.25, 0.3) is 0 Å². The molecular formula is C19H19N2O5-. The molecule has 2 aromatic rings. The van der Waals surface area contributed by atoms with Crippen LogP contribution in [-0.2, 0) is 9.59 Å². The molecule has 0 unspecified atom stereocenters. The Bertz CT molecular complexity index is 800. The number of ether oxygens (including phenoxy) is 2. The molecule has 0 atom stereocenters. The molecule has 1 N–H and O–H groups in total. The Morgan fingerprint density at radius 3 is 2.38 bits per heavy atom. The number of carbonyl (C=O) groups excluding carboxylic acids is 2. The molecule has 136 valence electrons. The molecule has 0 aliphatic rings. The molecule has 0 aliphatic heterocycles. The van der Waals surface area contributed by atoms with Crippen molar-refractivity contribution in [3.8, 4) is 11.5 Å². The first kappa shape index (κ1) is 19.0. The van der Waals surface area contributed by atoms with Crippen molar-refractivity contribution in [3.05, 3.63) is 59.7 Å². The van der Waals surface area contributed by atoms with Crippen LogP contribution in [0.3, 0.4) is 0 Å². The minimum atomic E-state index is -1.29. The Hall–Kier alpha value is -3.35. The van der Waals surface area contributed by atoms with E-state index in [0.29, 0.717) is 17.2 Å². The van der Waals surface area contributed by atoms with Crippen molar-refractivity contribution in [2.24, 2.45) is 5.10 Å². The highest BCUT2D eigenvalue weighted by Gasteiger charge is 2.04. The number of carbonyl (C=O) groups is 2. The second-order valence-electron chi connectivity index (χ2n) is 5.52. The van der Waals surface area contributed by atoms with Crippen LogP contribution in [0.1, 0.15) is 18.1 Å². The Morgan fingerprint density at radius 2 is 1.73 bits per heavy atom. The second kappa shape index (κ2) is 9.22. The van der Waals surface area contributed by atoms with Crippen LogP contribution >= 0.6 is 0 Å². The molecule has 2 aromatic carbocycles. The third-order valence-corrected chi connectivity index (χ3v) is 3.34. The Morgan fingerprint density at radius 1 is 1.04 bits per heavy atom. The van der Waals surface area contributed by atoms with Crippen molar-refractivity contribution >= 4 is 17.6 Å². The minimum Gasteiger partial charge on any atom is -0.546 e. The van der Waals surface area contributed by atoms with Crippen LogP contribution in [-0.4, -0.2) is 30.8 Å². The van der Waals surface area contributed by atoms with E-state index in [0.717, 1.165) is 11.1 Å². The number of aliphatic carboxylic acids is 1. The van der Waals surface area contributed by atoms with Gasteiger partial charge in [-0.3, -0.25) is 4.79 Å². The van der Waals surface area contributed by atoms with Crippen LogP contribution in [0.15, 0.2) is 53.6 Å². The van der Waals surface area contributed by atoms with E-state index in [1.54, 1.807) is 37.3 Å². The Balaban J connectivity index is 1.84. The fourth-order valence-corrected chi connectivity index (χ4v) is 2.03. The standard InChI is InChI=1S/C19H20N2O5/c1-13-4-3-5-17(10-13)25-11-18(22)21-20-14(2)15-6-8-16(9-7-15)26-12-19(23)24/h3-10H,11-12H2,1-2H3,(H,21,22)(H,23,24)/p-1/b20-14-. The molecule has 0 spiro atoms. The summed E-state index contributed by atoms with van der Waals surface area (Å²) in [4.78, 5) is 22.2. The number of amides is 1. The van der Waals surface area contributed by atoms with Gasteiger partial charge in [-0.25, -0.2) is 5.43 Å². The fraction of sp³-hybridized carbons (Fsp3) is 0.211. The van der Waals surface area contributed by atoms with Gasteiger partial charge in [0.05, 0.1) is 11.7 Å². The van der Waals surface area contributed by atoms with E-state index in [1.165, 1.54) is 0 Å². The molecule has 0 bridgehead atoms. The van der Waals surface area contributed by atoms with Gasteiger partial charge >= 0.3 is 0 Å². The van der Waals surface area contributed by atoms with Gasteiger partial charge in [-0.05, 0) is 61.4 Å². The average molecular weight is 355 g/mol. The number of carboxylic acid groups (broad SMARTS) is 1. The van der Waals surface area contributed by atoms with E-state index in [1.807, 2.05) is 25.1 Å². The summed E-state index contributed by atoms with van der Waals surface area (Å²) in [6.07, 6.45) is 0. The fourth-order valence-electron chi connectivity index (χ4n) is 2.03. The third kappa shape index (κ3) is 6.27. The number of aryl methyl sites for hydroxylation is 1. The van der Waals surface area contributed by atoms with Crippen molar-refractivity contribution in [2.45, 2.75) is 13.8 Å². The SMILES string of the molecule is C/C(=N/NC(=O)COc1cccc(C)c1)c1ccc(OCC(=O)[O-])cc1. The molecule has 0 saturated heterocycles. The first-order chi connectivity index (χ1) is 12.4. The minimum absolute atomic E-state index is 0.143. The summed E-state index contributed by atoms with van der Waals surface area (Å²) < 4.78 is 10.4. The van der Waals surface area contributed by atoms with Gasteiger partial charge in [0.25, 0.3) is 5.91 Å². The largest absolute Gasteiger partial charge is 0.546 e. The molecule has 0 aliphatic carbocycles. The van der Waals surface area contributed by atoms with Crippen LogP contribution in [0.5, 0.6) is 11.5 Å². The zero-order chi connectivity index (χ0) is 18.9. The average Bonchev–Trinajstić information content (AvgIpc) is 2.63. The first-order valence-corrected chi connectivity index (χ1v) is 7.90. The van der Waals surface area contributed by atoms with Crippen molar-refractivity contribution in [2.75, 3.05) is 13.2 Å². The normalized spacial score (nSPS) is 10.9. The number of rotatable bonds is 8. The Kier molecular flexibility index (Phi) is 6.73. The molecule has 0 radical (unpaired) electrons. The van der Waals surface area contributed by atoms with Gasteiger partial charge in [0.2, 0.25) is 0 Å². The lowest BCUT2D eigenvalue weighted by atomic mass is 10.1. The molecule has 0 saturated carbocycles. The zero-order valence-corrected chi connectivity index (χ0v) is 14.5. The quantitative estimate of drug-likeness (QED) is 0.563. The molecule has 0 heterocycles. The summed E-state index contributed by atoms with van der Waals surface area (Å²) in [7, 11) is 0. The summed E-state index contributed by atoms with van der Waals surface area (Å²) in [5.74, 6) is -0.642. The maximum Gasteiger partial charge on any atom is 0.277 e. The van der Waals surface area contributed by atoms with Crippen molar-refractivity contribution < 1.29 is 24.2 Å². The zero-order valence-electron chi connectivity index (χ0n) is 14.5. The molecule has 7 heteroatoms. The highest BCUT2D eigenvalue weighted by molar-refractivity contribution is 5.99. The number of hydrazone groups is 1. The van der Waals surface area contributed by atoms with Gasteiger partial charge in [-0.15, -0.1) is 0 Å². The molecule has 1 amide bonds. The number of nitrogens with zero attached hydrogens (tertiary/aromatic N) is 1. The first-order valence-electron chi connectivity index (χ1n) is 7.90. The van der Waals surface area contributed by atoms with E-state index >= 15 is 0 Å². The lowest BCUT2D eigenvalue weighted by molar-refractivity contribution is -0.307. The van der Waals surface area contributed by atoms with E-state index in [2.05, 4.69) is 10.5 Å². The van der Waals surface area contributed by atoms with Gasteiger partial charge in [-0.2, -0.15) is 5.10 Å².